The lowest BCUT2D eigenvalue weighted by Gasteiger charge is -2.20. The molecule has 0 saturated heterocycles. The number of ether oxygens (including phenoxy) is 2. The zero-order valence-corrected chi connectivity index (χ0v) is 20.0. The standard InChI is InChI=1S/C26H33N5O3/c1-4-33-15-22-30-23-24(31(22)16-26(2,3)32)20-11-10-19(14-21(20)29-25(23)28)34-12-6-8-17-7-5-9-18(27)13-17/h5,7,9-11,13-14,32H,4,6,8,12,15-16,27H2,1-3H3,(H2,28,29). The van der Waals surface area contributed by atoms with Gasteiger partial charge in [-0.1, -0.05) is 12.1 Å². The van der Waals surface area contributed by atoms with Gasteiger partial charge in [0.1, 0.15) is 23.7 Å². The van der Waals surface area contributed by atoms with Gasteiger partial charge in [0.2, 0.25) is 0 Å². The van der Waals surface area contributed by atoms with Crippen molar-refractivity contribution >= 4 is 33.4 Å². The van der Waals surface area contributed by atoms with Crippen LogP contribution in [0.2, 0.25) is 0 Å². The fraction of sp³-hybridized carbons (Fsp3) is 0.385. The van der Waals surface area contributed by atoms with Crippen molar-refractivity contribution in [2.75, 3.05) is 24.7 Å². The molecule has 4 rings (SSSR count). The number of anilines is 2. The SMILES string of the molecule is CCOCc1nc2c(N)nc3cc(OCCCc4cccc(N)c4)ccc3c2n1CC(C)(C)O. The number of aromatic nitrogens is 3. The van der Waals surface area contributed by atoms with Gasteiger partial charge >= 0.3 is 0 Å². The maximum Gasteiger partial charge on any atom is 0.152 e. The molecule has 5 N–H and O–H groups in total. The van der Waals surface area contributed by atoms with E-state index in [1.165, 1.54) is 5.56 Å². The lowest BCUT2D eigenvalue weighted by molar-refractivity contribution is 0.0582. The van der Waals surface area contributed by atoms with Crippen LogP contribution in [0.4, 0.5) is 11.5 Å². The molecule has 2 aromatic heterocycles. The molecule has 0 amide bonds. The van der Waals surface area contributed by atoms with Crippen molar-refractivity contribution in [1.82, 2.24) is 14.5 Å². The normalized spacial score (nSPS) is 12.0. The number of aryl methyl sites for hydroxylation is 1. The first-order valence-electron chi connectivity index (χ1n) is 11.6. The predicted octanol–water partition coefficient (Wildman–Crippen LogP) is 4.07. The molecule has 0 bridgehead atoms. The molecular weight excluding hydrogens is 430 g/mol. The summed E-state index contributed by atoms with van der Waals surface area (Å²) in [4.78, 5) is 9.29. The Morgan fingerprint density at radius 3 is 2.65 bits per heavy atom. The Balaban J connectivity index is 1.61. The van der Waals surface area contributed by atoms with E-state index in [9.17, 15) is 5.11 Å². The van der Waals surface area contributed by atoms with Gasteiger partial charge in [-0.3, -0.25) is 0 Å². The van der Waals surface area contributed by atoms with Gasteiger partial charge in [-0.25, -0.2) is 9.97 Å². The lowest BCUT2D eigenvalue weighted by atomic mass is 10.1. The number of hydrogen-bond acceptors (Lipinski definition) is 7. The van der Waals surface area contributed by atoms with Gasteiger partial charge in [0.25, 0.3) is 0 Å². The number of imidazole rings is 1. The summed E-state index contributed by atoms with van der Waals surface area (Å²) in [5.74, 6) is 1.78. The van der Waals surface area contributed by atoms with Gasteiger partial charge in [0.15, 0.2) is 5.82 Å². The van der Waals surface area contributed by atoms with Gasteiger partial charge in [0.05, 0.1) is 29.8 Å². The third-order valence-electron chi connectivity index (χ3n) is 5.56. The fourth-order valence-electron chi connectivity index (χ4n) is 4.10. The van der Waals surface area contributed by atoms with Crippen molar-refractivity contribution < 1.29 is 14.6 Å². The Kier molecular flexibility index (Phi) is 6.90. The van der Waals surface area contributed by atoms with Gasteiger partial charge in [-0.2, -0.15) is 0 Å². The Morgan fingerprint density at radius 1 is 1.09 bits per heavy atom. The van der Waals surface area contributed by atoms with Crippen LogP contribution in [0.15, 0.2) is 42.5 Å². The quantitative estimate of drug-likeness (QED) is 0.239. The first-order chi connectivity index (χ1) is 16.2. The summed E-state index contributed by atoms with van der Waals surface area (Å²) in [6.07, 6.45) is 1.76. The highest BCUT2D eigenvalue weighted by atomic mass is 16.5. The van der Waals surface area contributed by atoms with Crippen molar-refractivity contribution in [3.63, 3.8) is 0 Å². The number of rotatable bonds is 10. The topological polar surface area (TPSA) is 121 Å². The molecule has 0 fully saturated rings. The Morgan fingerprint density at radius 2 is 1.91 bits per heavy atom. The highest BCUT2D eigenvalue weighted by molar-refractivity contribution is 6.07. The maximum atomic E-state index is 10.5. The second kappa shape index (κ2) is 9.87. The molecule has 0 aliphatic rings. The van der Waals surface area contributed by atoms with Crippen LogP contribution in [-0.2, 0) is 24.3 Å². The smallest absolute Gasteiger partial charge is 0.152 e. The molecule has 8 nitrogen and oxygen atoms in total. The summed E-state index contributed by atoms with van der Waals surface area (Å²) in [7, 11) is 0. The van der Waals surface area contributed by atoms with E-state index in [1.54, 1.807) is 13.8 Å². The average Bonchev–Trinajstić information content (AvgIpc) is 3.12. The Bertz CT molecular complexity index is 1290. The molecule has 2 heterocycles. The second-order valence-corrected chi connectivity index (χ2v) is 9.13. The Labute approximate surface area is 199 Å². The summed E-state index contributed by atoms with van der Waals surface area (Å²) in [5.41, 5.74) is 15.4. The molecule has 0 aliphatic heterocycles. The maximum absolute atomic E-state index is 10.5. The summed E-state index contributed by atoms with van der Waals surface area (Å²) >= 11 is 0. The molecular formula is C26H33N5O3. The van der Waals surface area contributed by atoms with E-state index in [1.807, 2.05) is 47.9 Å². The van der Waals surface area contributed by atoms with Gasteiger partial charge < -0.3 is 30.6 Å². The molecule has 0 unspecified atom stereocenters. The zero-order chi connectivity index (χ0) is 24.3. The van der Waals surface area contributed by atoms with E-state index in [2.05, 4.69) is 11.1 Å². The van der Waals surface area contributed by atoms with E-state index < -0.39 is 5.60 Å². The number of hydrogen-bond donors (Lipinski definition) is 3. The summed E-state index contributed by atoms with van der Waals surface area (Å²) in [6, 6.07) is 13.7. The molecule has 0 saturated carbocycles. The van der Waals surface area contributed by atoms with E-state index in [-0.39, 0.29) is 0 Å². The highest BCUT2D eigenvalue weighted by Crippen LogP contribution is 2.32. The number of fused-ring (bicyclic) bond motifs is 3. The number of nitrogens with two attached hydrogens (primary N) is 2. The van der Waals surface area contributed by atoms with E-state index in [0.717, 1.165) is 40.7 Å². The van der Waals surface area contributed by atoms with Crippen molar-refractivity contribution in [2.24, 2.45) is 0 Å². The van der Waals surface area contributed by atoms with Gasteiger partial charge in [-0.05, 0) is 63.4 Å². The molecule has 34 heavy (non-hydrogen) atoms. The van der Waals surface area contributed by atoms with Crippen molar-refractivity contribution in [3.05, 3.63) is 53.9 Å². The second-order valence-electron chi connectivity index (χ2n) is 9.13. The molecule has 0 radical (unpaired) electrons. The predicted molar refractivity (Wildman–Crippen MR) is 136 cm³/mol. The molecule has 180 valence electrons. The van der Waals surface area contributed by atoms with Crippen LogP contribution in [0.25, 0.3) is 21.9 Å². The van der Waals surface area contributed by atoms with Crippen LogP contribution in [0.1, 0.15) is 38.6 Å². The number of aliphatic hydroxyl groups is 1. The van der Waals surface area contributed by atoms with Gasteiger partial charge in [0, 0.05) is 23.7 Å². The Hall–Kier alpha value is -3.36. The third-order valence-corrected chi connectivity index (χ3v) is 5.56. The van der Waals surface area contributed by atoms with Crippen LogP contribution in [0.5, 0.6) is 5.75 Å². The van der Waals surface area contributed by atoms with Crippen molar-refractivity contribution in [1.29, 1.82) is 0 Å². The van der Waals surface area contributed by atoms with E-state index in [0.29, 0.717) is 43.5 Å². The van der Waals surface area contributed by atoms with Crippen molar-refractivity contribution in [3.8, 4) is 5.75 Å². The number of benzene rings is 2. The van der Waals surface area contributed by atoms with Crippen LogP contribution in [0.3, 0.4) is 0 Å². The first-order valence-corrected chi connectivity index (χ1v) is 11.6. The molecule has 0 atom stereocenters. The summed E-state index contributed by atoms with van der Waals surface area (Å²) in [5, 5.41) is 11.4. The molecule has 2 aromatic carbocycles. The van der Waals surface area contributed by atoms with E-state index >= 15 is 0 Å². The molecule has 0 spiro atoms. The third kappa shape index (κ3) is 5.40. The van der Waals surface area contributed by atoms with Crippen LogP contribution in [0, 0.1) is 0 Å². The molecule has 4 aromatic rings. The monoisotopic (exact) mass is 463 g/mol. The molecule has 0 aliphatic carbocycles. The minimum absolute atomic E-state index is 0.330. The largest absolute Gasteiger partial charge is 0.494 e. The lowest BCUT2D eigenvalue weighted by Crippen LogP contribution is -2.27. The minimum atomic E-state index is -0.939. The summed E-state index contributed by atoms with van der Waals surface area (Å²) in [6.45, 7) is 7.30. The average molecular weight is 464 g/mol. The summed E-state index contributed by atoms with van der Waals surface area (Å²) < 4.78 is 13.6. The molecule has 8 heteroatoms. The number of nitrogen functional groups attached to an aromatic ring is 2. The van der Waals surface area contributed by atoms with Crippen LogP contribution >= 0.6 is 0 Å². The first kappa shape index (κ1) is 23.8. The zero-order valence-electron chi connectivity index (χ0n) is 20.0. The number of pyridine rings is 1. The van der Waals surface area contributed by atoms with Crippen LogP contribution in [-0.4, -0.2) is 38.5 Å². The fourth-order valence-corrected chi connectivity index (χ4v) is 4.10. The minimum Gasteiger partial charge on any atom is -0.494 e. The van der Waals surface area contributed by atoms with Crippen molar-refractivity contribution in [2.45, 2.75) is 52.4 Å². The highest BCUT2D eigenvalue weighted by Gasteiger charge is 2.22. The number of nitrogens with zero attached hydrogens (tertiary/aromatic N) is 3. The van der Waals surface area contributed by atoms with E-state index in [4.69, 9.17) is 25.9 Å². The van der Waals surface area contributed by atoms with Gasteiger partial charge in [-0.15, -0.1) is 0 Å². The van der Waals surface area contributed by atoms with Crippen LogP contribution < -0.4 is 16.2 Å².